The number of carboxylic acids is 1. The van der Waals surface area contributed by atoms with E-state index in [1.54, 1.807) is 6.92 Å². The first-order valence-corrected chi connectivity index (χ1v) is 7.98. The monoisotopic (exact) mass is 319 g/mol. The largest absolute Gasteiger partial charge is 0.481 e. The van der Waals surface area contributed by atoms with Gasteiger partial charge < -0.3 is 15.2 Å². The minimum absolute atomic E-state index is 0.0951. The molecule has 0 heterocycles. The molecule has 1 unspecified atom stereocenters. The molecule has 23 heavy (non-hydrogen) atoms. The van der Waals surface area contributed by atoms with Gasteiger partial charge in [-0.1, -0.05) is 30.3 Å². The molecular weight excluding hydrogens is 294 g/mol. The van der Waals surface area contributed by atoms with Gasteiger partial charge in [0.15, 0.2) is 0 Å². The van der Waals surface area contributed by atoms with E-state index >= 15 is 0 Å². The van der Waals surface area contributed by atoms with Crippen LogP contribution in [0, 0.1) is 5.92 Å². The second-order valence-electron chi connectivity index (χ2n) is 6.76. The Labute approximate surface area is 137 Å². The van der Waals surface area contributed by atoms with Crippen LogP contribution in [0.4, 0.5) is 0 Å². The van der Waals surface area contributed by atoms with Crippen molar-refractivity contribution in [3.05, 3.63) is 35.9 Å². The predicted molar refractivity (Wildman–Crippen MR) is 87.2 cm³/mol. The van der Waals surface area contributed by atoms with Gasteiger partial charge in [0, 0.05) is 13.5 Å². The van der Waals surface area contributed by atoms with Crippen molar-refractivity contribution in [3.63, 3.8) is 0 Å². The molecule has 1 aliphatic carbocycles. The quantitative estimate of drug-likeness (QED) is 0.772. The summed E-state index contributed by atoms with van der Waals surface area (Å²) in [6, 6.07) is 10.3. The van der Waals surface area contributed by atoms with Crippen LogP contribution in [0.15, 0.2) is 30.3 Å². The Morgan fingerprint density at radius 3 is 2.52 bits per heavy atom. The Morgan fingerprint density at radius 1 is 1.30 bits per heavy atom. The molecule has 2 N–H and O–H groups in total. The smallest absolute Gasteiger partial charge is 0.305 e. The highest BCUT2D eigenvalue weighted by atomic mass is 16.5. The predicted octanol–water partition coefficient (Wildman–Crippen LogP) is 2.57. The maximum Gasteiger partial charge on any atom is 0.305 e. The second kappa shape index (κ2) is 7.59. The summed E-state index contributed by atoms with van der Waals surface area (Å²) in [6.45, 7) is 1.89. The molecule has 1 atom stereocenters. The van der Waals surface area contributed by atoms with Crippen molar-refractivity contribution >= 4 is 11.9 Å². The summed E-state index contributed by atoms with van der Waals surface area (Å²) in [6.07, 6.45) is 2.32. The molecule has 1 aliphatic rings. The first kappa shape index (κ1) is 17.5. The van der Waals surface area contributed by atoms with E-state index in [0.717, 1.165) is 12.8 Å². The number of carbonyl (C=O) groups excluding carboxylic acids is 1. The van der Waals surface area contributed by atoms with Crippen LogP contribution < -0.4 is 5.32 Å². The normalized spacial score (nSPS) is 22.7. The molecule has 1 fully saturated rings. The van der Waals surface area contributed by atoms with Crippen molar-refractivity contribution in [3.8, 4) is 0 Å². The summed E-state index contributed by atoms with van der Waals surface area (Å²) >= 11 is 0. The number of methoxy groups -OCH3 is 1. The summed E-state index contributed by atoms with van der Waals surface area (Å²) in [5.74, 6) is -0.129. The van der Waals surface area contributed by atoms with Gasteiger partial charge in [0.05, 0.1) is 18.6 Å². The number of carbonyl (C=O) groups is 2. The number of nitrogens with one attached hydrogen (secondary N) is 1. The van der Waals surface area contributed by atoms with E-state index in [0.29, 0.717) is 18.3 Å². The van der Waals surface area contributed by atoms with Crippen LogP contribution in [0.2, 0.25) is 0 Å². The molecule has 0 bridgehead atoms. The van der Waals surface area contributed by atoms with Crippen LogP contribution >= 0.6 is 0 Å². The van der Waals surface area contributed by atoms with E-state index in [1.165, 1.54) is 12.7 Å². The lowest BCUT2D eigenvalue weighted by molar-refractivity contribution is -0.139. The number of carboxylic acid groups (broad SMARTS) is 1. The zero-order valence-electron chi connectivity index (χ0n) is 13.7. The Hall–Kier alpha value is -1.88. The van der Waals surface area contributed by atoms with Crippen molar-refractivity contribution in [1.29, 1.82) is 0 Å². The summed E-state index contributed by atoms with van der Waals surface area (Å²) in [5, 5.41) is 11.8. The molecule has 5 nitrogen and oxygen atoms in total. The van der Waals surface area contributed by atoms with E-state index in [9.17, 15) is 9.59 Å². The zero-order valence-corrected chi connectivity index (χ0v) is 13.7. The van der Waals surface area contributed by atoms with Crippen molar-refractivity contribution in [1.82, 2.24) is 5.32 Å². The van der Waals surface area contributed by atoms with Crippen LogP contribution in [0.5, 0.6) is 0 Å². The number of benzene rings is 1. The molecule has 1 aromatic rings. The van der Waals surface area contributed by atoms with Gasteiger partial charge in [0.1, 0.15) is 0 Å². The standard InChI is InChI=1S/C18H25NO4/c1-18(12-23-2,11-17(21)22)19-16(20)10-13-8-15(9-13)14-6-4-3-5-7-14/h3-7,13,15H,8-12H2,1-2H3,(H,19,20)(H,21,22). The number of hydrogen-bond acceptors (Lipinski definition) is 3. The van der Waals surface area contributed by atoms with E-state index in [1.807, 2.05) is 18.2 Å². The van der Waals surface area contributed by atoms with Gasteiger partial charge in [-0.25, -0.2) is 0 Å². The van der Waals surface area contributed by atoms with Crippen LogP contribution in [0.1, 0.15) is 44.1 Å². The van der Waals surface area contributed by atoms with Crippen LogP contribution in [0.25, 0.3) is 0 Å². The second-order valence-corrected chi connectivity index (χ2v) is 6.76. The van der Waals surface area contributed by atoms with Gasteiger partial charge >= 0.3 is 5.97 Å². The summed E-state index contributed by atoms with van der Waals surface area (Å²) in [4.78, 5) is 23.2. The van der Waals surface area contributed by atoms with E-state index in [4.69, 9.17) is 9.84 Å². The Bertz CT molecular complexity index is 539. The van der Waals surface area contributed by atoms with Crippen molar-refractivity contribution in [2.75, 3.05) is 13.7 Å². The third kappa shape index (κ3) is 5.06. The third-order valence-electron chi connectivity index (χ3n) is 4.43. The molecule has 5 heteroatoms. The van der Waals surface area contributed by atoms with Crippen LogP contribution in [-0.2, 0) is 14.3 Å². The van der Waals surface area contributed by atoms with Gasteiger partial charge in [0.25, 0.3) is 0 Å². The molecule has 1 aromatic carbocycles. The molecule has 0 saturated heterocycles. The van der Waals surface area contributed by atoms with Gasteiger partial charge in [-0.3, -0.25) is 9.59 Å². The van der Waals surface area contributed by atoms with E-state index in [-0.39, 0.29) is 18.9 Å². The highest BCUT2D eigenvalue weighted by Crippen LogP contribution is 2.43. The van der Waals surface area contributed by atoms with E-state index < -0.39 is 11.5 Å². The molecule has 1 amide bonds. The van der Waals surface area contributed by atoms with Crippen LogP contribution in [-0.4, -0.2) is 36.2 Å². The summed E-state index contributed by atoms with van der Waals surface area (Å²) in [7, 11) is 1.50. The maximum atomic E-state index is 12.2. The lowest BCUT2D eigenvalue weighted by Gasteiger charge is -2.36. The number of amides is 1. The van der Waals surface area contributed by atoms with Gasteiger partial charge in [-0.2, -0.15) is 0 Å². The molecule has 0 radical (unpaired) electrons. The number of rotatable bonds is 8. The Balaban J connectivity index is 1.80. The molecule has 0 aliphatic heterocycles. The van der Waals surface area contributed by atoms with Gasteiger partial charge in [-0.05, 0) is 37.2 Å². The van der Waals surface area contributed by atoms with Gasteiger partial charge in [-0.15, -0.1) is 0 Å². The van der Waals surface area contributed by atoms with Crippen LogP contribution in [0.3, 0.4) is 0 Å². The average molecular weight is 319 g/mol. The average Bonchev–Trinajstić information content (AvgIpc) is 2.42. The third-order valence-corrected chi connectivity index (χ3v) is 4.43. The Kier molecular flexibility index (Phi) is 5.77. The molecule has 2 rings (SSSR count). The maximum absolute atomic E-state index is 12.2. The fraction of sp³-hybridized carbons (Fsp3) is 0.556. The minimum Gasteiger partial charge on any atom is -0.481 e. The fourth-order valence-electron chi connectivity index (χ4n) is 3.33. The van der Waals surface area contributed by atoms with Crippen molar-refractivity contribution in [2.45, 2.75) is 44.1 Å². The number of aliphatic carboxylic acids is 1. The molecule has 1 saturated carbocycles. The lowest BCUT2D eigenvalue weighted by Crippen LogP contribution is -2.51. The van der Waals surface area contributed by atoms with Crippen molar-refractivity contribution < 1.29 is 19.4 Å². The molecule has 0 aromatic heterocycles. The highest BCUT2D eigenvalue weighted by molar-refractivity contribution is 5.78. The molecular formula is C18H25NO4. The molecule has 0 spiro atoms. The topological polar surface area (TPSA) is 75.6 Å². The first-order valence-electron chi connectivity index (χ1n) is 7.98. The summed E-state index contributed by atoms with van der Waals surface area (Å²) in [5.41, 5.74) is 0.472. The fourth-order valence-corrected chi connectivity index (χ4v) is 3.33. The Morgan fingerprint density at radius 2 is 1.96 bits per heavy atom. The molecule has 126 valence electrons. The van der Waals surface area contributed by atoms with E-state index in [2.05, 4.69) is 17.4 Å². The minimum atomic E-state index is -0.947. The number of hydrogen-bond donors (Lipinski definition) is 2. The first-order chi connectivity index (χ1) is 10.9. The van der Waals surface area contributed by atoms with Gasteiger partial charge in [0.2, 0.25) is 5.91 Å². The summed E-state index contributed by atoms with van der Waals surface area (Å²) < 4.78 is 5.05. The SMILES string of the molecule is COCC(C)(CC(=O)O)NC(=O)CC1CC(c2ccccc2)C1. The number of ether oxygens (including phenoxy) is 1. The lowest BCUT2D eigenvalue weighted by atomic mass is 9.70. The van der Waals surface area contributed by atoms with Crippen molar-refractivity contribution in [2.24, 2.45) is 5.92 Å². The zero-order chi connectivity index (χ0) is 16.9. The highest BCUT2D eigenvalue weighted by Gasteiger charge is 2.34.